The molecule has 1 atom stereocenters. The fourth-order valence-corrected chi connectivity index (χ4v) is 2.89. The van der Waals surface area contributed by atoms with Gasteiger partial charge in [0.25, 0.3) is 5.91 Å². The lowest BCUT2D eigenvalue weighted by Crippen LogP contribution is -2.55. The molecule has 1 aliphatic heterocycles. The van der Waals surface area contributed by atoms with E-state index in [1.54, 1.807) is 17.0 Å². The van der Waals surface area contributed by atoms with Crippen LogP contribution in [0.2, 0.25) is 0 Å². The lowest BCUT2D eigenvalue weighted by atomic mass is 10.1. The van der Waals surface area contributed by atoms with Crippen LogP contribution in [0.1, 0.15) is 36.7 Å². The fraction of sp³-hybridized carbons (Fsp3) is 0.562. The van der Waals surface area contributed by atoms with Gasteiger partial charge in [-0.15, -0.1) is 0 Å². The Kier molecular flexibility index (Phi) is 4.43. The Bertz CT molecular complexity index is 501. The van der Waals surface area contributed by atoms with Crippen LogP contribution in [0, 0.1) is 12.7 Å². The SMILES string of the molecule is Cc1ccc(C(=O)N2CCN(C(C)C)C(C)C2)c(F)c1. The normalized spacial score (nSPS) is 20.5. The minimum Gasteiger partial charge on any atom is -0.336 e. The molecule has 0 aliphatic carbocycles. The van der Waals surface area contributed by atoms with Gasteiger partial charge in [-0.25, -0.2) is 4.39 Å². The fourth-order valence-electron chi connectivity index (χ4n) is 2.89. The van der Waals surface area contributed by atoms with Crippen LogP contribution in [-0.4, -0.2) is 47.4 Å². The number of piperazine rings is 1. The highest BCUT2D eigenvalue weighted by Gasteiger charge is 2.29. The first-order valence-electron chi connectivity index (χ1n) is 7.21. The third-order valence-electron chi connectivity index (χ3n) is 3.98. The van der Waals surface area contributed by atoms with Gasteiger partial charge in [-0.1, -0.05) is 6.07 Å². The molecule has 1 aromatic carbocycles. The lowest BCUT2D eigenvalue weighted by Gasteiger charge is -2.42. The minimum atomic E-state index is -0.422. The van der Waals surface area contributed by atoms with Crippen LogP contribution in [0.5, 0.6) is 0 Å². The van der Waals surface area contributed by atoms with Crippen molar-refractivity contribution < 1.29 is 9.18 Å². The molecule has 0 saturated carbocycles. The quantitative estimate of drug-likeness (QED) is 0.830. The van der Waals surface area contributed by atoms with Gasteiger partial charge in [0.2, 0.25) is 0 Å². The van der Waals surface area contributed by atoms with Crippen molar-refractivity contribution in [1.82, 2.24) is 9.80 Å². The Morgan fingerprint density at radius 1 is 1.35 bits per heavy atom. The van der Waals surface area contributed by atoms with Gasteiger partial charge in [0, 0.05) is 31.7 Å². The van der Waals surface area contributed by atoms with E-state index in [2.05, 4.69) is 25.7 Å². The van der Waals surface area contributed by atoms with Crippen LogP contribution in [0.4, 0.5) is 4.39 Å². The van der Waals surface area contributed by atoms with Gasteiger partial charge in [-0.05, 0) is 45.4 Å². The molecule has 1 unspecified atom stereocenters. The first-order valence-corrected chi connectivity index (χ1v) is 7.21. The zero-order chi connectivity index (χ0) is 14.9. The van der Waals surface area contributed by atoms with E-state index in [-0.39, 0.29) is 11.5 Å². The molecule has 0 radical (unpaired) electrons. The van der Waals surface area contributed by atoms with E-state index in [0.717, 1.165) is 12.1 Å². The molecule has 1 aromatic rings. The topological polar surface area (TPSA) is 23.6 Å². The van der Waals surface area contributed by atoms with Gasteiger partial charge in [-0.2, -0.15) is 0 Å². The maximum absolute atomic E-state index is 13.9. The average Bonchev–Trinajstić information content (AvgIpc) is 2.37. The number of halogens is 1. The molecular weight excluding hydrogens is 255 g/mol. The summed E-state index contributed by atoms with van der Waals surface area (Å²) in [7, 11) is 0. The second-order valence-electron chi connectivity index (χ2n) is 5.92. The summed E-state index contributed by atoms with van der Waals surface area (Å²) < 4.78 is 13.9. The van der Waals surface area contributed by atoms with Gasteiger partial charge < -0.3 is 4.90 Å². The van der Waals surface area contributed by atoms with E-state index in [4.69, 9.17) is 0 Å². The summed E-state index contributed by atoms with van der Waals surface area (Å²) in [4.78, 5) is 16.6. The molecule has 1 heterocycles. The van der Waals surface area contributed by atoms with Gasteiger partial charge in [0.15, 0.2) is 0 Å². The maximum Gasteiger partial charge on any atom is 0.256 e. The highest BCUT2D eigenvalue weighted by Crippen LogP contribution is 2.17. The van der Waals surface area contributed by atoms with Crippen LogP contribution < -0.4 is 0 Å². The Hall–Kier alpha value is -1.42. The van der Waals surface area contributed by atoms with Crippen LogP contribution in [0.25, 0.3) is 0 Å². The Morgan fingerprint density at radius 3 is 2.60 bits per heavy atom. The van der Waals surface area contributed by atoms with E-state index >= 15 is 0 Å². The molecule has 110 valence electrons. The molecule has 1 saturated heterocycles. The Labute approximate surface area is 120 Å². The molecule has 0 bridgehead atoms. The standard InChI is InChI=1S/C16H23FN2O/c1-11(2)19-8-7-18(10-13(19)4)16(20)14-6-5-12(3)9-15(14)17/h5-6,9,11,13H,7-8,10H2,1-4H3. The third-order valence-corrected chi connectivity index (χ3v) is 3.98. The number of carbonyl (C=O) groups excluding carboxylic acids is 1. The summed E-state index contributed by atoms with van der Waals surface area (Å²) in [6, 6.07) is 5.57. The Morgan fingerprint density at radius 2 is 2.05 bits per heavy atom. The molecule has 1 amide bonds. The monoisotopic (exact) mass is 278 g/mol. The average molecular weight is 278 g/mol. The first kappa shape index (κ1) is 15.0. The predicted octanol–water partition coefficient (Wildman–Crippen LogP) is 2.69. The molecule has 4 heteroatoms. The van der Waals surface area contributed by atoms with E-state index in [1.807, 2.05) is 6.92 Å². The van der Waals surface area contributed by atoms with Crippen LogP contribution >= 0.6 is 0 Å². The van der Waals surface area contributed by atoms with Crippen LogP contribution in [0.15, 0.2) is 18.2 Å². The van der Waals surface area contributed by atoms with Crippen molar-refractivity contribution in [3.63, 3.8) is 0 Å². The number of amides is 1. The van der Waals surface area contributed by atoms with Gasteiger partial charge in [-0.3, -0.25) is 9.69 Å². The Balaban J connectivity index is 2.11. The summed E-state index contributed by atoms with van der Waals surface area (Å²) in [5.41, 5.74) is 1.01. The summed E-state index contributed by atoms with van der Waals surface area (Å²) >= 11 is 0. The molecular formula is C16H23FN2O. The highest BCUT2D eigenvalue weighted by molar-refractivity contribution is 5.94. The minimum absolute atomic E-state index is 0.181. The van der Waals surface area contributed by atoms with Crippen molar-refractivity contribution in [2.45, 2.75) is 39.8 Å². The summed E-state index contributed by atoms with van der Waals surface area (Å²) in [5.74, 6) is -0.619. The largest absolute Gasteiger partial charge is 0.336 e. The van der Waals surface area contributed by atoms with Crippen molar-refractivity contribution >= 4 is 5.91 Å². The number of nitrogens with zero attached hydrogens (tertiary/aromatic N) is 2. The number of rotatable bonds is 2. The van der Waals surface area contributed by atoms with E-state index in [9.17, 15) is 9.18 Å². The first-order chi connectivity index (χ1) is 9.40. The number of aryl methyl sites for hydroxylation is 1. The van der Waals surface area contributed by atoms with Crippen molar-refractivity contribution in [1.29, 1.82) is 0 Å². The zero-order valence-electron chi connectivity index (χ0n) is 12.7. The zero-order valence-corrected chi connectivity index (χ0v) is 12.7. The molecule has 20 heavy (non-hydrogen) atoms. The van der Waals surface area contributed by atoms with Crippen molar-refractivity contribution in [2.24, 2.45) is 0 Å². The lowest BCUT2D eigenvalue weighted by molar-refractivity contribution is 0.0423. The van der Waals surface area contributed by atoms with Crippen molar-refractivity contribution in [3.05, 3.63) is 35.1 Å². The second kappa shape index (κ2) is 5.92. The number of hydrogen-bond acceptors (Lipinski definition) is 2. The van der Waals surface area contributed by atoms with Gasteiger partial charge in [0.1, 0.15) is 5.82 Å². The predicted molar refractivity (Wildman–Crippen MR) is 78.3 cm³/mol. The third kappa shape index (κ3) is 3.01. The summed E-state index contributed by atoms with van der Waals surface area (Å²) in [6.07, 6.45) is 0. The van der Waals surface area contributed by atoms with E-state index in [0.29, 0.717) is 25.2 Å². The molecule has 2 rings (SSSR count). The molecule has 0 aromatic heterocycles. The number of hydrogen-bond donors (Lipinski definition) is 0. The summed E-state index contributed by atoms with van der Waals surface area (Å²) in [5, 5.41) is 0. The molecule has 1 fully saturated rings. The molecule has 0 spiro atoms. The second-order valence-corrected chi connectivity index (χ2v) is 5.92. The molecule has 3 nitrogen and oxygen atoms in total. The van der Waals surface area contributed by atoms with Crippen molar-refractivity contribution in [2.75, 3.05) is 19.6 Å². The van der Waals surface area contributed by atoms with E-state index < -0.39 is 5.82 Å². The number of benzene rings is 1. The van der Waals surface area contributed by atoms with E-state index in [1.165, 1.54) is 6.07 Å². The highest BCUT2D eigenvalue weighted by atomic mass is 19.1. The van der Waals surface area contributed by atoms with Crippen LogP contribution in [-0.2, 0) is 0 Å². The summed E-state index contributed by atoms with van der Waals surface area (Å²) in [6.45, 7) is 10.4. The van der Waals surface area contributed by atoms with Crippen LogP contribution in [0.3, 0.4) is 0 Å². The molecule has 0 N–H and O–H groups in total. The van der Waals surface area contributed by atoms with Crippen molar-refractivity contribution in [3.8, 4) is 0 Å². The maximum atomic E-state index is 13.9. The number of carbonyl (C=O) groups is 1. The van der Waals surface area contributed by atoms with Gasteiger partial charge in [0.05, 0.1) is 5.56 Å². The molecule has 1 aliphatic rings. The smallest absolute Gasteiger partial charge is 0.256 e. The van der Waals surface area contributed by atoms with Gasteiger partial charge >= 0.3 is 0 Å².